The van der Waals surface area contributed by atoms with Crippen LogP contribution in [-0.2, 0) is 14.4 Å². The van der Waals surface area contributed by atoms with E-state index in [-0.39, 0.29) is 12.5 Å². The quantitative estimate of drug-likeness (QED) is 0.530. The molecule has 6 heteroatoms. The van der Waals surface area contributed by atoms with E-state index in [1.165, 1.54) is 22.3 Å². The fraction of sp³-hybridized carbons (Fsp3) is 0.222. The molecular weight excluding hydrogens is 308 g/mol. The molecular formula is C18H18N2O4. The standard InChI is InChI=1S/C18H18N2O4/c21-17(19-10-18(22)23)11-24-20-9-16-14-7-3-1-5-12(14)13-6-2-4-8-15(13)16/h1-8,16,20H,9-11H2,(H,19,21)(H,22,23). The fourth-order valence-electron chi connectivity index (χ4n) is 2.96. The third kappa shape index (κ3) is 3.45. The van der Waals surface area contributed by atoms with Crippen molar-refractivity contribution in [1.82, 2.24) is 10.8 Å². The summed E-state index contributed by atoms with van der Waals surface area (Å²) in [5, 5.41) is 10.7. The third-order valence-corrected chi connectivity index (χ3v) is 3.99. The number of amides is 1. The van der Waals surface area contributed by atoms with Gasteiger partial charge in [0.1, 0.15) is 13.2 Å². The Morgan fingerprint density at radius 1 is 1.00 bits per heavy atom. The first-order valence-electron chi connectivity index (χ1n) is 7.68. The molecule has 0 unspecified atom stereocenters. The highest BCUT2D eigenvalue weighted by Crippen LogP contribution is 2.43. The molecule has 0 saturated heterocycles. The number of hydrogen-bond acceptors (Lipinski definition) is 4. The minimum Gasteiger partial charge on any atom is -0.480 e. The van der Waals surface area contributed by atoms with Gasteiger partial charge in [0.2, 0.25) is 5.91 Å². The van der Waals surface area contributed by atoms with Crippen LogP contribution >= 0.6 is 0 Å². The van der Waals surface area contributed by atoms with Crippen molar-refractivity contribution in [2.75, 3.05) is 19.7 Å². The van der Waals surface area contributed by atoms with Crippen molar-refractivity contribution in [1.29, 1.82) is 0 Å². The Hall–Kier alpha value is -2.70. The Bertz CT molecular complexity index is 715. The molecule has 1 aliphatic rings. The first kappa shape index (κ1) is 16.2. The van der Waals surface area contributed by atoms with Gasteiger partial charge in [0.25, 0.3) is 0 Å². The smallest absolute Gasteiger partial charge is 0.322 e. The maximum atomic E-state index is 11.4. The van der Waals surface area contributed by atoms with Crippen LogP contribution in [0.4, 0.5) is 0 Å². The summed E-state index contributed by atoms with van der Waals surface area (Å²) in [7, 11) is 0. The van der Waals surface area contributed by atoms with E-state index in [2.05, 4.69) is 35.1 Å². The predicted molar refractivity (Wildman–Crippen MR) is 88.3 cm³/mol. The van der Waals surface area contributed by atoms with Crippen LogP contribution < -0.4 is 10.8 Å². The van der Waals surface area contributed by atoms with Crippen molar-refractivity contribution in [3.8, 4) is 11.1 Å². The lowest BCUT2D eigenvalue weighted by Crippen LogP contribution is -2.34. The highest BCUT2D eigenvalue weighted by Gasteiger charge is 2.27. The zero-order valence-corrected chi connectivity index (χ0v) is 13.0. The lowest BCUT2D eigenvalue weighted by atomic mass is 9.97. The van der Waals surface area contributed by atoms with Crippen molar-refractivity contribution in [2.24, 2.45) is 0 Å². The first-order valence-corrected chi connectivity index (χ1v) is 7.68. The van der Waals surface area contributed by atoms with E-state index in [4.69, 9.17) is 9.94 Å². The number of carboxylic acid groups (broad SMARTS) is 1. The van der Waals surface area contributed by atoms with Gasteiger partial charge in [0, 0.05) is 12.5 Å². The van der Waals surface area contributed by atoms with Gasteiger partial charge in [-0.25, -0.2) is 5.48 Å². The van der Waals surface area contributed by atoms with Crippen LogP contribution in [-0.4, -0.2) is 36.7 Å². The number of benzene rings is 2. The normalized spacial score (nSPS) is 12.5. The van der Waals surface area contributed by atoms with Gasteiger partial charge < -0.3 is 10.4 Å². The maximum Gasteiger partial charge on any atom is 0.322 e. The van der Waals surface area contributed by atoms with Crippen molar-refractivity contribution in [3.05, 3.63) is 59.7 Å². The Morgan fingerprint density at radius 2 is 1.58 bits per heavy atom. The van der Waals surface area contributed by atoms with Gasteiger partial charge in [-0.2, -0.15) is 0 Å². The minimum atomic E-state index is -1.09. The molecule has 124 valence electrons. The van der Waals surface area contributed by atoms with Crippen molar-refractivity contribution in [3.63, 3.8) is 0 Å². The van der Waals surface area contributed by atoms with E-state index in [1.54, 1.807) is 0 Å². The molecule has 0 saturated carbocycles. The molecule has 6 nitrogen and oxygen atoms in total. The highest BCUT2D eigenvalue weighted by atomic mass is 16.6. The molecule has 0 aliphatic heterocycles. The second-order valence-corrected chi connectivity index (χ2v) is 5.53. The van der Waals surface area contributed by atoms with Crippen molar-refractivity contribution >= 4 is 11.9 Å². The van der Waals surface area contributed by atoms with E-state index in [0.29, 0.717) is 6.54 Å². The maximum absolute atomic E-state index is 11.4. The Balaban J connectivity index is 1.58. The average Bonchev–Trinajstić information content (AvgIpc) is 2.91. The number of carbonyl (C=O) groups excluding carboxylic acids is 1. The van der Waals surface area contributed by atoms with Gasteiger partial charge >= 0.3 is 5.97 Å². The number of hydroxylamine groups is 1. The summed E-state index contributed by atoms with van der Waals surface area (Å²) in [6, 6.07) is 16.5. The second kappa shape index (κ2) is 7.25. The molecule has 0 aromatic heterocycles. The van der Waals surface area contributed by atoms with Crippen LogP contribution in [0.2, 0.25) is 0 Å². The van der Waals surface area contributed by atoms with Crippen LogP contribution in [0.15, 0.2) is 48.5 Å². The van der Waals surface area contributed by atoms with E-state index >= 15 is 0 Å². The zero-order chi connectivity index (χ0) is 16.9. The fourth-order valence-corrected chi connectivity index (χ4v) is 2.96. The van der Waals surface area contributed by atoms with Gasteiger partial charge in [0.05, 0.1) is 0 Å². The van der Waals surface area contributed by atoms with E-state index in [9.17, 15) is 9.59 Å². The molecule has 3 rings (SSSR count). The zero-order valence-electron chi connectivity index (χ0n) is 13.0. The van der Waals surface area contributed by atoms with Gasteiger partial charge in [-0.15, -0.1) is 0 Å². The topological polar surface area (TPSA) is 87.7 Å². The molecule has 3 N–H and O–H groups in total. The molecule has 1 amide bonds. The van der Waals surface area contributed by atoms with Gasteiger partial charge in [-0.3, -0.25) is 14.4 Å². The van der Waals surface area contributed by atoms with E-state index in [1.807, 2.05) is 24.3 Å². The molecule has 0 atom stereocenters. The van der Waals surface area contributed by atoms with Crippen LogP contribution in [0.1, 0.15) is 17.0 Å². The SMILES string of the molecule is O=C(O)CNC(=O)CONCC1c2ccccc2-c2ccccc21. The van der Waals surface area contributed by atoms with Crippen LogP contribution in [0, 0.1) is 0 Å². The van der Waals surface area contributed by atoms with Gasteiger partial charge in [-0.05, 0) is 22.3 Å². The van der Waals surface area contributed by atoms with Gasteiger partial charge in [0.15, 0.2) is 0 Å². The Morgan fingerprint density at radius 3 is 2.17 bits per heavy atom. The molecule has 0 radical (unpaired) electrons. The summed E-state index contributed by atoms with van der Waals surface area (Å²) in [5.41, 5.74) is 7.72. The third-order valence-electron chi connectivity index (χ3n) is 3.99. The van der Waals surface area contributed by atoms with E-state index < -0.39 is 18.4 Å². The highest BCUT2D eigenvalue weighted by molar-refractivity contribution is 5.82. The largest absolute Gasteiger partial charge is 0.480 e. The van der Waals surface area contributed by atoms with Crippen molar-refractivity contribution < 1.29 is 19.5 Å². The summed E-state index contributed by atoms with van der Waals surface area (Å²) in [6.45, 7) is -0.116. The summed E-state index contributed by atoms with van der Waals surface area (Å²) in [6.07, 6.45) is 0. The lowest BCUT2D eigenvalue weighted by Gasteiger charge is -2.14. The summed E-state index contributed by atoms with van der Waals surface area (Å²) < 4.78 is 0. The summed E-state index contributed by atoms with van der Waals surface area (Å²) >= 11 is 0. The summed E-state index contributed by atoms with van der Waals surface area (Å²) in [5.74, 6) is -1.41. The molecule has 0 heterocycles. The number of aliphatic carboxylic acids is 1. The lowest BCUT2D eigenvalue weighted by molar-refractivity contribution is -0.139. The molecule has 0 spiro atoms. The molecule has 0 bridgehead atoms. The molecule has 0 fully saturated rings. The van der Waals surface area contributed by atoms with Crippen LogP contribution in [0.25, 0.3) is 11.1 Å². The van der Waals surface area contributed by atoms with Crippen LogP contribution in [0.3, 0.4) is 0 Å². The number of fused-ring (bicyclic) bond motifs is 3. The first-order chi connectivity index (χ1) is 11.7. The number of rotatable bonds is 7. The molecule has 2 aromatic carbocycles. The minimum absolute atomic E-state index is 0.152. The second-order valence-electron chi connectivity index (χ2n) is 5.53. The molecule has 1 aliphatic carbocycles. The number of carbonyl (C=O) groups is 2. The number of hydrogen-bond donors (Lipinski definition) is 3. The predicted octanol–water partition coefficient (Wildman–Crippen LogP) is 1.52. The van der Waals surface area contributed by atoms with E-state index in [0.717, 1.165) is 0 Å². The summed E-state index contributed by atoms with van der Waals surface area (Å²) in [4.78, 5) is 26.9. The Kier molecular flexibility index (Phi) is 4.88. The van der Waals surface area contributed by atoms with Crippen LogP contribution in [0.5, 0.6) is 0 Å². The number of nitrogens with one attached hydrogen (secondary N) is 2. The molecule has 24 heavy (non-hydrogen) atoms. The number of carboxylic acids is 1. The Labute approximate surface area is 139 Å². The molecule has 2 aromatic rings. The van der Waals surface area contributed by atoms with Gasteiger partial charge in [-0.1, -0.05) is 48.5 Å². The monoisotopic (exact) mass is 326 g/mol. The van der Waals surface area contributed by atoms with Crippen molar-refractivity contribution in [2.45, 2.75) is 5.92 Å². The average molecular weight is 326 g/mol.